The van der Waals surface area contributed by atoms with Crippen LogP contribution < -0.4 is 4.72 Å². The molecule has 0 radical (unpaired) electrons. The van der Waals surface area contributed by atoms with E-state index in [2.05, 4.69) is 9.82 Å². The van der Waals surface area contributed by atoms with E-state index < -0.39 is 10.0 Å². The first-order valence-electron chi connectivity index (χ1n) is 6.12. The van der Waals surface area contributed by atoms with Gasteiger partial charge in [-0.1, -0.05) is 0 Å². The number of hydrogen-bond acceptors (Lipinski definition) is 3. The molecular formula is C11H18ClN3O2S. The Balaban J connectivity index is 1.70. The first-order chi connectivity index (χ1) is 8.59. The van der Waals surface area contributed by atoms with Crippen molar-refractivity contribution in [3.8, 4) is 0 Å². The van der Waals surface area contributed by atoms with E-state index in [0.29, 0.717) is 18.2 Å². The molecule has 5 nitrogen and oxygen atoms in total. The Kier molecular flexibility index (Phi) is 4.64. The van der Waals surface area contributed by atoms with Gasteiger partial charge in [0, 0.05) is 30.9 Å². The van der Waals surface area contributed by atoms with Gasteiger partial charge in [0.25, 0.3) is 0 Å². The van der Waals surface area contributed by atoms with Crippen LogP contribution in [-0.2, 0) is 16.6 Å². The second kappa shape index (κ2) is 6.04. The molecule has 1 aromatic heterocycles. The third kappa shape index (κ3) is 3.96. The van der Waals surface area contributed by atoms with Crippen LogP contribution in [0.2, 0.25) is 0 Å². The fourth-order valence-corrected chi connectivity index (χ4v) is 3.85. The molecule has 1 heterocycles. The predicted molar refractivity (Wildman–Crippen MR) is 71.0 cm³/mol. The molecule has 0 atom stereocenters. The Morgan fingerprint density at radius 3 is 2.83 bits per heavy atom. The van der Waals surface area contributed by atoms with E-state index >= 15 is 0 Å². The fourth-order valence-electron chi connectivity index (χ4n) is 2.21. The SMILES string of the molecule is O=S(=O)(CCCCl)NC1CC(Cn2cccn2)C1. The molecule has 1 saturated carbocycles. The van der Waals surface area contributed by atoms with Crippen molar-refractivity contribution in [2.45, 2.75) is 31.8 Å². The summed E-state index contributed by atoms with van der Waals surface area (Å²) in [5, 5.41) is 4.14. The number of rotatable bonds is 7. The monoisotopic (exact) mass is 291 g/mol. The van der Waals surface area contributed by atoms with Crippen LogP contribution in [-0.4, -0.2) is 35.9 Å². The summed E-state index contributed by atoms with van der Waals surface area (Å²) in [6.45, 7) is 0.868. The van der Waals surface area contributed by atoms with Gasteiger partial charge < -0.3 is 0 Å². The van der Waals surface area contributed by atoms with Gasteiger partial charge in [0.15, 0.2) is 0 Å². The van der Waals surface area contributed by atoms with E-state index in [0.717, 1.165) is 19.4 Å². The van der Waals surface area contributed by atoms with Gasteiger partial charge in [0.2, 0.25) is 10.0 Å². The van der Waals surface area contributed by atoms with Crippen LogP contribution in [0.4, 0.5) is 0 Å². The Morgan fingerprint density at radius 2 is 2.22 bits per heavy atom. The molecule has 1 aromatic rings. The Hall–Kier alpha value is -0.590. The van der Waals surface area contributed by atoms with Gasteiger partial charge in [-0.3, -0.25) is 4.68 Å². The number of sulfonamides is 1. The third-order valence-corrected chi connectivity index (χ3v) is 4.92. The molecule has 0 saturated heterocycles. The summed E-state index contributed by atoms with van der Waals surface area (Å²) in [5.74, 6) is 1.02. The zero-order valence-corrected chi connectivity index (χ0v) is 11.7. The second-order valence-electron chi connectivity index (χ2n) is 4.74. The molecule has 0 unspecified atom stereocenters. The quantitative estimate of drug-likeness (QED) is 0.768. The fraction of sp³-hybridized carbons (Fsp3) is 0.727. The molecule has 1 fully saturated rings. The highest BCUT2D eigenvalue weighted by atomic mass is 35.5. The number of aromatic nitrogens is 2. The Labute approximate surface area is 113 Å². The lowest BCUT2D eigenvalue weighted by molar-refractivity contribution is 0.213. The van der Waals surface area contributed by atoms with Crippen LogP contribution in [0.1, 0.15) is 19.3 Å². The molecule has 0 aliphatic heterocycles. The van der Waals surface area contributed by atoms with Crippen LogP contribution >= 0.6 is 11.6 Å². The van der Waals surface area contributed by atoms with Crippen LogP contribution in [0.15, 0.2) is 18.5 Å². The number of halogens is 1. The standard InChI is InChI=1S/C11H18ClN3O2S/c12-3-1-6-18(16,17)14-11-7-10(8-11)9-15-5-2-4-13-15/h2,4-5,10-11,14H,1,3,6-9H2. The van der Waals surface area contributed by atoms with Gasteiger partial charge in [-0.05, 0) is 31.2 Å². The maximum absolute atomic E-state index is 11.6. The lowest BCUT2D eigenvalue weighted by Gasteiger charge is -2.35. The molecule has 0 amide bonds. The smallest absolute Gasteiger partial charge is 0.211 e. The van der Waals surface area contributed by atoms with E-state index in [4.69, 9.17) is 11.6 Å². The lowest BCUT2D eigenvalue weighted by Crippen LogP contribution is -2.46. The zero-order chi connectivity index (χ0) is 13.0. The first kappa shape index (κ1) is 13.8. The highest BCUT2D eigenvalue weighted by Crippen LogP contribution is 2.29. The van der Waals surface area contributed by atoms with E-state index in [1.54, 1.807) is 6.20 Å². The highest BCUT2D eigenvalue weighted by Gasteiger charge is 2.32. The van der Waals surface area contributed by atoms with Crippen LogP contribution in [0.5, 0.6) is 0 Å². The molecule has 0 aromatic carbocycles. The molecule has 1 aliphatic carbocycles. The van der Waals surface area contributed by atoms with E-state index in [-0.39, 0.29) is 11.8 Å². The molecule has 0 bridgehead atoms. The maximum Gasteiger partial charge on any atom is 0.211 e. The number of alkyl halides is 1. The van der Waals surface area contributed by atoms with Crippen molar-refractivity contribution < 1.29 is 8.42 Å². The van der Waals surface area contributed by atoms with E-state index in [1.165, 1.54) is 0 Å². The minimum Gasteiger partial charge on any atom is -0.272 e. The molecule has 102 valence electrons. The molecule has 0 spiro atoms. The summed E-state index contributed by atoms with van der Waals surface area (Å²) in [7, 11) is -3.15. The van der Waals surface area contributed by atoms with Gasteiger partial charge in [-0.25, -0.2) is 13.1 Å². The molecular weight excluding hydrogens is 274 g/mol. The van der Waals surface area contributed by atoms with Gasteiger partial charge in [-0.15, -0.1) is 11.6 Å². The van der Waals surface area contributed by atoms with E-state index in [9.17, 15) is 8.42 Å². The number of nitrogens with one attached hydrogen (secondary N) is 1. The minimum absolute atomic E-state index is 0.0888. The molecule has 18 heavy (non-hydrogen) atoms. The highest BCUT2D eigenvalue weighted by molar-refractivity contribution is 7.89. The number of hydrogen-bond donors (Lipinski definition) is 1. The summed E-state index contributed by atoms with van der Waals surface area (Å²) in [6.07, 6.45) is 5.96. The van der Waals surface area contributed by atoms with Crippen LogP contribution in [0.25, 0.3) is 0 Å². The average molecular weight is 292 g/mol. The van der Waals surface area contributed by atoms with Crippen molar-refractivity contribution in [3.63, 3.8) is 0 Å². The predicted octanol–water partition coefficient (Wildman–Crippen LogP) is 1.21. The van der Waals surface area contributed by atoms with Crippen LogP contribution in [0, 0.1) is 5.92 Å². The lowest BCUT2D eigenvalue weighted by atomic mass is 9.81. The van der Waals surface area contributed by atoms with Crippen molar-refractivity contribution in [1.29, 1.82) is 0 Å². The average Bonchev–Trinajstić information content (AvgIpc) is 2.76. The first-order valence-corrected chi connectivity index (χ1v) is 8.31. The molecule has 1 aliphatic rings. The summed E-state index contributed by atoms with van der Waals surface area (Å²) >= 11 is 5.49. The van der Waals surface area contributed by atoms with E-state index in [1.807, 2.05) is 16.9 Å². The van der Waals surface area contributed by atoms with Crippen molar-refractivity contribution in [2.75, 3.05) is 11.6 Å². The summed E-state index contributed by atoms with van der Waals surface area (Å²) in [6, 6.07) is 1.98. The number of nitrogens with zero attached hydrogens (tertiary/aromatic N) is 2. The summed E-state index contributed by atoms with van der Waals surface area (Å²) in [5.41, 5.74) is 0. The van der Waals surface area contributed by atoms with Crippen molar-refractivity contribution in [1.82, 2.24) is 14.5 Å². The maximum atomic E-state index is 11.6. The Bertz CT molecular complexity index is 455. The summed E-state index contributed by atoms with van der Waals surface area (Å²) in [4.78, 5) is 0. The molecule has 2 rings (SSSR count). The van der Waals surface area contributed by atoms with Crippen molar-refractivity contribution >= 4 is 21.6 Å². The third-order valence-electron chi connectivity index (χ3n) is 3.13. The topological polar surface area (TPSA) is 64.0 Å². The molecule has 7 heteroatoms. The largest absolute Gasteiger partial charge is 0.272 e. The van der Waals surface area contributed by atoms with Gasteiger partial charge in [0.1, 0.15) is 0 Å². The van der Waals surface area contributed by atoms with Crippen LogP contribution in [0.3, 0.4) is 0 Å². The van der Waals surface area contributed by atoms with Crippen molar-refractivity contribution in [3.05, 3.63) is 18.5 Å². The normalized spacial score (nSPS) is 23.8. The minimum atomic E-state index is -3.15. The Morgan fingerprint density at radius 1 is 1.44 bits per heavy atom. The second-order valence-corrected chi connectivity index (χ2v) is 6.99. The van der Waals surface area contributed by atoms with Crippen molar-refractivity contribution in [2.24, 2.45) is 5.92 Å². The molecule has 1 N–H and O–H groups in total. The summed E-state index contributed by atoms with van der Waals surface area (Å²) < 4.78 is 27.9. The van der Waals surface area contributed by atoms with Gasteiger partial charge >= 0.3 is 0 Å². The zero-order valence-electron chi connectivity index (χ0n) is 10.1. The van der Waals surface area contributed by atoms with Gasteiger partial charge in [-0.2, -0.15) is 5.10 Å². The van der Waals surface area contributed by atoms with Gasteiger partial charge in [0.05, 0.1) is 5.75 Å².